The van der Waals surface area contributed by atoms with Crippen molar-refractivity contribution in [1.82, 2.24) is 0 Å². The zero-order chi connectivity index (χ0) is 12.3. The Balaban J connectivity index is 2.62. The summed E-state index contributed by atoms with van der Waals surface area (Å²) in [6, 6.07) is 3.07. The quantitative estimate of drug-likeness (QED) is 0.865. The number of halogens is 2. The van der Waals surface area contributed by atoms with Gasteiger partial charge < -0.3 is 9.84 Å². The van der Waals surface area contributed by atoms with Crippen LogP contribution >= 0.6 is 0 Å². The molecular weight excluding hydrogens is 214 g/mol. The molecule has 0 bridgehead atoms. The first-order valence-corrected chi connectivity index (χ1v) is 5.06. The van der Waals surface area contributed by atoms with Crippen molar-refractivity contribution in [3.8, 4) is 5.75 Å². The minimum atomic E-state index is -0.763. The predicted molar refractivity (Wildman–Crippen MR) is 57.3 cm³/mol. The van der Waals surface area contributed by atoms with Crippen LogP contribution in [-0.4, -0.2) is 17.8 Å². The summed E-state index contributed by atoms with van der Waals surface area (Å²) in [6.07, 6.45) is -0.711. The van der Waals surface area contributed by atoms with E-state index in [0.717, 1.165) is 12.1 Å². The molecular formula is C12H16F2O2. The Labute approximate surface area is 93.9 Å². The second-order valence-electron chi connectivity index (χ2n) is 4.77. The van der Waals surface area contributed by atoms with E-state index in [2.05, 4.69) is 0 Å². The van der Waals surface area contributed by atoms with E-state index in [1.165, 1.54) is 6.07 Å². The minimum Gasteiger partial charge on any atom is -0.488 e. The van der Waals surface area contributed by atoms with Gasteiger partial charge in [-0.2, -0.15) is 0 Å². The van der Waals surface area contributed by atoms with Gasteiger partial charge >= 0.3 is 0 Å². The fourth-order valence-corrected chi connectivity index (χ4v) is 1.01. The van der Waals surface area contributed by atoms with E-state index in [4.69, 9.17) is 4.74 Å². The minimum absolute atomic E-state index is 0.0218. The summed E-state index contributed by atoms with van der Waals surface area (Å²) in [5, 5.41) is 9.67. The first kappa shape index (κ1) is 12.9. The molecule has 0 aliphatic rings. The van der Waals surface area contributed by atoms with E-state index in [0.29, 0.717) is 0 Å². The third kappa shape index (κ3) is 3.45. The molecule has 0 saturated heterocycles. The lowest BCUT2D eigenvalue weighted by Crippen LogP contribution is -2.32. The molecule has 0 spiro atoms. The van der Waals surface area contributed by atoms with Crippen LogP contribution in [0.15, 0.2) is 18.2 Å². The lowest BCUT2D eigenvalue weighted by molar-refractivity contribution is 0.0207. The van der Waals surface area contributed by atoms with Crippen molar-refractivity contribution in [2.75, 3.05) is 6.61 Å². The van der Waals surface area contributed by atoms with Gasteiger partial charge in [-0.3, -0.25) is 0 Å². The number of rotatable bonds is 3. The highest BCUT2D eigenvalue weighted by Crippen LogP contribution is 2.22. The lowest BCUT2D eigenvalue weighted by atomic mass is 9.90. The van der Waals surface area contributed by atoms with Crippen LogP contribution in [0.2, 0.25) is 0 Å². The fourth-order valence-electron chi connectivity index (χ4n) is 1.01. The molecule has 1 N–H and O–H groups in total. The molecule has 1 rings (SSSR count). The van der Waals surface area contributed by atoms with Crippen molar-refractivity contribution in [2.24, 2.45) is 5.41 Å². The molecule has 4 heteroatoms. The third-order valence-electron chi connectivity index (χ3n) is 2.29. The normalized spacial score (nSPS) is 13.6. The molecule has 0 aliphatic carbocycles. The van der Waals surface area contributed by atoms with Gasteiger partial charge in [-0.15, -0.1) is 0 Å². The third-order valence-corrected chi connectivity index (χ3v) is 2.29. The van der Waals surface area contributed by atoms with Gasteiger partial charge in [-0.25, -0.2) is 8.78 Å². The molecule has 90 valence electrons. The zero-order valence-corrected chi connectivity index (χ0v) is 9.63. The molecule has 2 nitrogen and oxygen atoms in total. The van der Waals surface area contributed by atoms with Gasteiger partial charge in [0.05, 0.1) is 6.10 Å². The van der Waals surface area contributed by atoms with Crippen LogP contribution < -0.4 is 4.74 Å². The number of hydrogen-bond donors (Lipinski definition) is 1. The topological polar surface area (TPSA) is 29.5 Å². The van der Waals surface area contributed by atoms with Crippen molar-refractivity contribution < 1.29 is 18.6 Å². The average Bonchev–Trinajstić information content (AvgIpc) is 2.14. The number of benzene rings is 1. The number of ether oxygens (including phenoxy) is 1. The van der Waals surface area contributed by atoms with Crippen LogP contribution in [0, 0.1) is 17.0 Å². The lowest BCUT2D eigenvalue weighted by Gasteiger charge is -2.25. The number of hydrogen-bond acceptors (Lipinski definition) is 2. The zero-order valence-electron chi connectivity index (χ0n) is 9.63. The maximum absolute atomic E-state index is 13.2. The summed E-state index contributed by atoms with van der Waals surface area (Å²) in [6.45, 7) is 5.53. The summed E-state index contributed by atoms with van der Waals surface area (Å²) in [7, 11) is 0. The number of aliphatic hydroxyl groups is 1. The van der Waals surface area contributed by atoms with Gasteiger partial charge in [0.15, 0.2) is 11.6 Å². The smallest absolute Gasteiger partial charge is 0.167 e. The van der Waals surface area contributed by atoms with E-state index in [9.17, 15) is 13.9 Å². The van der Waals surface area contributed by atoms with E-state index in [1.807, 2.05) is 20.8 Å². The van der Waals surface area contributed by atoms with Crippen LogP contribution in [0.1, 0.15) is 20.8 Å². The Hall–Kier alpha value is -1.16. The molecule has 1 aromatic rings. The van der Waals surface area contributed by atoms with Crippen molar-refractivity contribution in [2.45, 2.75) is 26.9 Å². The first-order chi connectivity index (χ1) is 7.30. The SMILES string of the molecule is CC(C)(C)C(O)COc1ccc(F)cc1F. The molecule has 0 aliphatic heterocycles. The van der Waals surface area contributed by atoms with Crippen LogP contribution in [0.5, 0.6) is 5.75 Å². The summed E-state index contributed by atoms with van der Waals surface area (Å²) in [5.41, 5.74) is -0.337. The van der Waals surface area contributed by atoms with E-state index in [1.54, 1.807) is 0 Å². The standard InChI is InChI=1S/C12H16F2O2/c1-12(2,3)11(15)7-16-10-5-4-8(13)6-9(10)14/h4-6,11,15H,7H2,1-3H3. The maximum atomic E-state index is 13.2. The summed E-state index contributed by atoms with van der Waals surface area (Å²) >= 11 is 0. The Morgan fingerprint density at radius 3 is 2.44 bits per heavy atom. The fraction of sp³-hybridized carbons (Fsp3) is 0.500. The average molecular weight is 230 g/mol. The van der Waals surface area contributed by atoms with Crippen LogP contribution in [0.3, 0.4) is 0 Å². The molecule has 0 fully saturated rings. The van der Waals surface area contributed by atoms with Gasteiger partial charge in [0.25, 0.3) is 0 Å². The number of aliphatic hydroxyl groups excluding tert-OH is 1. The molecule has 0 saturated carbocycles. The largest absolute Gasteiger partial charge is 0.488 e. The van der Waals surface area contributed by atoms with Crippen LogP contribution in [0.25, 0.3) is 0 Å². The monoisotopic (exact) mass is 230 g/mol. The van der Waals surface area contributed by atoms with E-state index in [-0.39, 0.29) is 17.8 Å². The Morgan fingerprint density at radius 2 is 1.94 bits per heavy atom. The molecule has 0 radical (unpaired) electrons. The van der Waals surface area contributed by atoms with Gasteiger partial charge in [-0.05, 0) is 17.5 Å². The van der Waals surface area contributed by atoms with Crippen LogP contribution in [-0.2, 0) is 0 Å². The Bertz CT molecular complexity index is 359. The molecule has 16 heavy (non-hydrogen) atoms. The van der Waals surface area contributed by atoms with Crippen LogP contribution in [0.4, 0.5) is 8.78 Å². The van der Waals surface area contributed by atoms with Crippen molar-refractivity contribution >= 4 is 0 Å². The van der Waals surface area contributed by atoms with Gasteiger partial charge in [0.1, 0.15) is 12.4 Å². The molecule has 1 atom stereocenters. The summed E-state index contributed by atoms with van der Waals surface area (Å²) in [4.78, 5) is 0. The van der Waals surface area contributed by atoms with E-state index >= 15 is 0 Å². The molecule has 0 aromatic heterocycles. The maximum Gasteiger partial charge on any atom is 0.167 e. The molecule has 1 aromatic carbocycles. The van der Waals surface area contributed by atoms with Crippen molar-refractivity contribution in [3.05, 3.63) is 29.8 Å². The second kappa shape index (κ2) is 4.78. The second-order valence-corrected chi connectivity index (χ2v) is 4.77. The molecule has 0 amide bonds. The first-order valence-electron chi connectivity index (χ1n) is 5.06. The van der Waals surface area contributed by atoms with Gasteiger partial charge in [-0.1, -0.05) is 20.8 Å². The highest BCUT2D eigenvalue weighted by Gasteiger charge is 2.23. The van der Waals surface area contributed by atoms with Crippen molar-refractivity contribution in [1.29, 1.82) is 0 Å². The summed E-state index contributed by atoms with van der Waals surface area (Å²) < 4.78 is 30.8. The molecule has 1 unspecified atom stereocenters. The highest BCUT2D eigenvalue weighted by molar-refractivity contribution is 5.24. The summed E-state index contributed by atoms with van der Waals surface area (Å²) in [5.74, 6) is -1.47. The van der Waals surface area contributed by atoms with Crippen molar-refractivity contribution in [3.63, 3.8) is 0 Å². The molecule has 0 heterocycles. The highest BCUT2D eigenvalue weighted by atomic mass is 19.1. The Kier molecular flexibility index (Phi) is 3.86. The predicted octanol–water partition coefficient (Wildman–Crippen LogP) is 2.75. The van der Waals surface area contributed by atoms with Gasteiger partial charge in [0, 0.05) is 6.07 Å². The van der Waals surface area contributed by atoms with E-state index < -0.39 is 17.7 Å². The Morgan fingerprint density at radius 1 is 1.31 bits per heavy atom. The van der Waals surface area contributed by atoms with Gasteiger partial charge in [0.2, 0.25) is 0 Å².